The first-order valence-electron chi connectivity index (χ1n) is 5.38. The summed E-state index contributed by atoms with van der Waals surface area (Å²) < 4.78 is 4.15. The van der Waals surface area contributed by atoms with Crippen molar-refractivity contribution < 1.29 is 14.4 Å². The number of hydrogen-bond donors (Lipinski definition) is 1. The van der Waals surface area contributed by atoms with Crippen LogP contribution in [-0.2, 0) is 4.84 Å². The Morgan fingerprint density at radius 1 is 1.31 bits per heavy atom. The first kappa shape index (κ1) is 11.5. The van der Waals surface area contributed by atoms with Crippen LogP contribution < -0.4 is 4.72 Å². The van der Waals surface area contributed by atoms with Gasteiger partial charge < -0.3 is 0 Å². The van der Waals surface area contributed by atoms with E-state index in [1.807, 2.05) is 0 Å². The van der Waals surface area contributed by atoms with Gasteiger partial charge in [0.1, 0.15) is 0 Å². The smallest absolute Gasteiger partial charge is 0.264 e. The van der Waals surface area contributed by atoms with Crippen molar-refractivity contribution in [3.8, 4) is 0 Å². The average molecular weight is 245 g/mol. The summed E-state index contributed by atoms with van der Waals surface area (Å²) >= 11 is 1.07. The highest BCUT2D eigenvalue weighted by Crippen LogP contribution is 2.29. The second-order valence-corrected chi connectivity index (χ2v) is 4.66. The van der Waals surface area contributed by atoms with Crippen molar-refractivity contribution in [2.24, 2.45) is 0 Å². The minimum atomic E-state index is -0.524. The van der Waals surface area contributed by atoms with Crippen molar-refractivity contribution >= 4 is 24.2 Å². The number of rotatable bonds is 2. The molecular weight excluding hydrogens is 230 g/mol. The number of hydrogen-bond acceptors (Lipinski definition) is 4. The van der Waals surface area contributed by atoms with Crippen molar-refractivity contribution in [3.05, 3.63) is 0 Å². The Labute approximate surface area is 98.5 Å². The predicted octanol–water partition coefficient (Wildman–Crippen LogP) is 1.89. The van der Waals surface area contributed by atoms with Crippen LogP contribution in [0.3, 0.4) is 0 Å². The number of amides is 4. The monoisotopic (exact) mass is 245 g/mol. The molecule has 7 heteroatoms. The summed E-state index contributed by atoms with van der Waals surface area (Å²) in [6.45, 7) is 0. The van der Waals surface area contributed by atoms with Crippen LogP contribution >= 0.6 is 12.1 Å². The van der Waals surface area contributed by atoms with E-state index in [1.165, 1.54) is 13.5 Å². The molecule has 0 spiro atoms. The van der Waals surface area contributed by atoms with Crippen LogP contribution in [0, 0.1) is 0 Å². The molecule has 2 fully saturated rings. The van der Waals surface area contributed by atoms with Gasteiger partial charge in [-0.05, 0) is 12.8 Å². The molecule has 0 aromatic carbocycles. The van der Waals surface area contributed by atoms with E-state index in [0.29, 0.717) is 0 Å². The molecule has 1 aliphatic carbocycles. The van der Waals surface area contributed by atoms with Crippen molar-refractivity contribution in [3.63, 3.8) is 0 Å². The maximum absolute atomic E-state index is 11.9. The van der Waals surface area contributed by atoms with Crippen LogP contribution in [0.25, 0.3) is 0 Å². The van der Waals surface area contributed by atoms with Crippen LogP contribution in [0.15, 0.2) is 0 Å². The molecule has 4 amide bonds. The minimum absolute atomic E-state index is 0.199. The van der Waals surface area contributed by atoms with Crippen molar-refractivity contribution in [1.29, 1.82) is 0 Å². The summed E-state index contributed by atoms with van der Waals surface area (Å²) in [6, 6.07) is -0.711. The van der Waals surface area contributed by atoms with Gasteiger partial charge in [-0.3, -0.25) is 9.56 Å². The molecule has 0 bridgehead atoms. The number of nitrogens with one attached hydrogen (secondary N) is 1. The first-order valence-corrected chi connectivity index (χ1v) is 6.15. The fourth-order valence-electron chi connectivity index (χ4n) is 2.05. The van der Waals surface area contributed by atoms with Gasteiger partial charge in [-0.15, -0.1) is 5.06 Å². The summed E-state index contributed by atoms with van der Waals surface area (Å²) in [5.74, 6) is 0. The molecule has 6 nitrogen and oxygen atoms in total. The van der Waals surface area contributed by atoms with Gasteiger partial charge in [-0.2, -0.15) is 0 Å². The van der Waals surface area contributed by atoms with E-state index in [1.54, 1.807) is 4.31 Å². The van der Waals surface area contributed by atoms with Gasteiger partial charge in [0.2, 0.25) is 0 Å². The first-order chi connectivity index (χ1) is 7.74. The quantitative estimate of drug-likeness (QED) is 0.755. The highest BCUT2D eigenvalue weighted by atomic mass is 32.2. The zero-order valence-corrected chi connectivity index (χ0v) is 9.96. The molecule has 0 aromatic rings. The number of imide groups is 1. The Morgan fingerprint density at radius 3 is 2.62 bits per heavy atom. The Bertz CT molecular complexity index is 294. The highest BCUT2D eigenvalue weighted by molar-refractivity contribution is 7.96. The van der Waals surface area contributed by atoms with Crippen LogP contribution in [-0.4, -0.2) is 34.6 Å². The van der Waals surface area contributed by atoms with Crippen molar-refractivity contribution in [1.82, 2.24) is 14.1 Å². The minimum Gasteiger partial charge on any atom is -0.264 e. The van der Waals surface area contributed by atoms with Gasteiger partial charge in [-0.1, -0.05) is 19.3 Å². The molecule has 1 aliphatic heterocycles. The maximum Gasteiger partial charge on any atom is 0.364 e. The average Bonchev–Trinajstić information content (AvgIpc) is 2.31. The predicted molar refractivity (Wildman–Crippen MR) is 59.1 cm³/mol. The molecule has 2 rings (SSSR count). The van der Waals surface area contributed by atoms with Gasteiger partial charge in [0.05, 0.1) is 19.2 Å². The Hall–Kier alpha value is -0.950. The van der Waals surface area contributed by atoms with Gasteiger partial charge in [-0.25, -0.2) is 13.9 Å². The van der Waals surface area contributed by atoms with Crippen molar-refractivity contribution in [2.45, 2.75) is 38.1 Å². The summed E-state index contributed by atoms with van der Waals surface area (Å²) in [6.07, 6.45) is 5.48. The second-order valence-electron chi connectivity index (χ2n) is 3.88. The zero-order chi connectivity index (χ0) is 11.5. The summed E-state index contributed by atoms with van der Waals surface area (Å²) in [4.78, 5) is 28.0. The molecule has 90 valence electrons. The summed E-state index contributed by atoms with van der Waals surface area (Å²) in [7, 11) is 1.31. The summed E-state index contributed by atoms with van der Waals surface area (Å²) in [5.41, 5.74) is 0. The molecule has 16 heavy (non-hydrogen) atoms. The van der Waals surface area contributed by atoms with E-state index < -0.39 is 6.03 Å². The number of urea groups is 2. The topological polar surface area (TPSA) is 61.9 Å². The lowest BCUT2D eigenvalue weighted by Gasteiger charge is -2.37. The number of nitrogens with zero attached hydrogens (tertiary/aromatic N) is 2. The third-order valence-electron chi connectivity index (χ3n) is 2.87. The van der Waals surface area contributed by atoms with E-state index in [9.17, 15) is 9.59 Å². The zero-order valence-electron chi connectivity index (χ0n) is 9.14. The van der Waals surface area contributed by atoms with Crippen LogP contribution in [0.1, 0.15) is 32.1 Å². The van der Waals surface area contributed by atoms with E-state index in [-0.39, 0.29) is 12.1 Å². The summed E-state index contributed by atoms with van der Waals surface area (Å²) in [5, 5.41) is 0.755. The third-order valence-corrected chi connectivity index (χ3v) is 3.78. The Balaban J connectivity index is 2.04. The normalized spacial score (nSPS) is 23.6. The highest BCUT2D eigenvalue weighted by Gasteiger charge is 2.38. The van der Waals surface area contributed by atoms with Gasteiger partial charge in [0, 0.05) is 6.04 Å². The molecule has 1 saturated heterocycles. The molecule has 0 atom stereocenters. The molecule has 0 aromatic heterocycles. The largest absolute Gasteiger partial charge is 0.364 e. The van der Waals surface area contributed by atoms with Gasteiger partial charge in [0.15, 0.2) is 0 Å². The number of carbonyl (C=O) groups is 2. The molecule has 0 unspecified atom stereocenters. The molecule has 1 heterocycles. The lowest BCUT2D eigenvalue weighted by Crippen LogP contribution is -2.55. The van der Waals surface area contributed by atoms with Crippen molar-refractivity contribution in [2.75, 3.05) is 7.11 Å². The fraction of sp³-hybridized carbons (Fsp3) is 0.778. The Kier molecular flexibility index (Phi) is 3.55. The maximum atomic E-state index is 11.9. The fourth-order valence-corrected chi connectivity index (χ4v) is 2.82. The van der Waals surface area contributed by atoms with E-state index >= 15 is 0 Å². The standard InChI is InChI=1S/C9H15N3O3S/c1-15-11-8(13)10-16-12(9(11)14)7-5-3-2-4-6-7/h7H,2-6H2,1H3,(H,10,13). The second kappa shape index (κ2) is 4.92. The van der Waals surface area contributed by atoms with Crippen LogP contribution in [0.5, 0.6) is 0 Å². The van der Waals surface area contributed by atoms with Crippen LogP contribution in [0.2, 0.25) is 0 Å². The van der Waals surface area contributed by atoms with E-state index in [2.05, 4.69) is 4.72 Å². The Morgan fingerprint density at radius 2 is 2.00 bits per heavy atom. The van der Waals surface area contributed by atoms with E-state index in [0.717, 1.165) is 42.9 Å². The lowest BCUT2D eigenvalue weighted by molar-refractivity contribution is -0.0552. The van der Waals surface area contributed by atoms with Gasteiger partial charge in [0.25, 0.3) is 0 Å². The molecule has 1 N–H and O–H groups in total. The number of hydroxylamine groups is 2. The molecule has 1 saturated carbocycles. The van der Waals surface area contributed by atoms with Crippen LogP contribution in [0.4, 0.5) is 9.59 Å². The lowest BCUT2D eigenvalue weighted by atomic mass is 9.96. The molecule has 2 aliphatic rings. The SMILES string of the molecule is CON1C(=O)NSN(C2CCCCC2)C1=O. The molecular formula is C9H15N3O3S. The number of carbonyl (C=O) groups excluding carboxylic acids is 2. The molecule has 0 radical (unpaired) electrons. The van der Waals surface area contributed by atoms with E-state index in [4.69, 9.17) is 4.84 Å². The van der Waals surface area contributed by atoms with Gasteiger partial charge >= 0.3 is 12.1 Å². The third kappa shape index (κ3) is 2.10.